The van der Waals surface area contributed by atoms with Crippen LogP contribution in [0.2, 0.25) is 0 Å². The number of halogens is 3. The highest BCUT2D eigenvalue weighted by Crippen LogP contribution is 2.35. The average molecular weight is 427 g/mol. The minimum absolute atomic E-state index is 0.166. The molecule has 0 radical (unpaired) electrons. The topological polar surface area (TPSA) is 75.4 Å². The maximum Gasteiger partial charge on any atom is 0.417 e. The second-order valence-corrected chi connectivity index (χ2v) is 8.97. The third kappa shape index (κ3) is 5.42. The second kappa shape index (κ2) is 8.23. The van der Waals surface area contributed by atoms with Crippen molar-refractivity contribution < 1.29 is 21.6 Å². The number of piperidine rings is 1. The maximum absolute atomic E-state index is 13.2. The largest absolute Gasteiger partial charge is 0.417 e. The van der Waals surface area contributed by atoms with Gasteiger partial charge >= 0.3 is 6.18 Å². The van der Waals surface area contributed by atoms with Gasteiger partial charge in [-0.3, -0.25) is 0 Å². The predicted molar refractivity (Wildman–Crippen MR) is 107 cm³/mol. The number of nitrogens with zero attached hydrogens (tertiary/aromatic N) is 1. The van der Waals surface area contributed by atoms with Gasteiger partial charge in [0.15, 0.2) is 0 Å². The fourth-order valence-corrected chi connectivity index (χ4v) is 4.14. The lowest BCUT2D eigenvalue weighted by atomic mass is 9.99. The zero-order valence-electron chi connectivity index (χ0n) is 16.0. The molecule has 1 fully saturated rings. The highest BCUT2D eigenvalue weighted by atomic mass is 32.2. The van der Waals surface area contributed by atoms with Crippen LogP contribution in [0.25, 0.3) is 0 Å². The Kier molecular flexibility index (Phi) is 6.09. The Hall–Kier alpha value is -2.26. The van der Waals surface area contributed by atoms with Crippen LogP contribution in [0.4, 0.5) is 24.5 Å². The first-order chi connectivity index (χ1) is 13.5. The first-order valence-corrected chi connectivity index (χ1v) is 10.9. The van der Waals surface area contributed by atoms with Crippen LogP contribution in [0.1, 0.15) is 30.9 Å². The first-order valence-electron chi connectivity index (χ1n) is 9.36. The van der Waals surface area contributed by atoms with E-state index in [4.69, 9.17) is 5.14 Å². The number of primary sulfonamides is 1. The van der Waals surface area contributed by atoms with Gasteiger partial charge in [-0.1, -0.05) is 19.1 Å². The summed E-state index contributed by atoms with van der Waals surface area (Å²) in [5.74, 6) is 0.747. The zero-order valence-corrected chi connectivity index (χ0v) is 16.9. The van der Waals surface area contributed by atoms with Crippen LogP contribution in [0.5, 0.6) is 0 Å². The average Bonchev–Trinajstić information content (AvgIpc) is 2.66. The lowest BCUT2D eigenvalue weighted by Crippen LogP contribution is -2.32. The minimum atomic E-state index is -4.83. The molecule has 0 unspecified atom stereocenters. The maximum atomic E-state index is 13.2. The van der Waals surface area contributed by atoms with Crippen LogP contribution >= 0.6 is 0 Å². The SMILES string of the molecule is CC1CCN(c2ccc(CNc3ccc(S(N)(=O)=O)c(C(F)(F)F)c3)cc2)CC1. The smallest absolute Gasteiger partial charge is 0.381 e. The van der Waals surface area contributed by atoms with Crippen LogP contribution < -0.4 is 15.4 Å². The molecule has 9 heteroatoms. The quantitative estimate of drug-likeness (QED) is 0.750. The number of rotatable bonds is 5. The Morgan fingerprint density at radius 3 is 2.28 bits per heavy atom. The second-order valence-electron chi connectivity index (χ2n) is 7.44. The Balaban J connectivity index is 1.70. The lowest BCUT2D eigenvalue weighted by molar-refractivity contribution is -0.139. The van der Waals surface area contributed by atoms with E-state index >= 15 is 0 Å². The molecule has 5 nitrogen and oxygen atoms in total. The number of hydrogen-bond acceptors (Lipinski definition) is 4. The van der Waals surface area contributed by atoms with Crippen molar-refractivity contribution in [2.24, 2.45) is 11.1 Å². The van der Waals surface area contributed by atoms with Gasteiger partial charge in [0, 0.05) is 31.0 Å². The van der Waals surface area contributed by atoms with Crippen molar-refractivity contribution in [2.45, 2.75) is 37.4 Å². The van der Waals surface area contributed by atoms with Crippen LogP contribution in [0.3, 0.4) is 0 Å². The molecule has 1 aliphatic heterocycles. The Morgan fingerprint density at radius 1 is 1.10 bits per heavy atom. The highest BCUT2D eigenvalue weighted by Gasteiger charge is 2.36. The van der Waals surface area contributed by atoms with Crippen molar-refractivity contribution in [2.75, 3.05) is 23.3 Å². The number of hydrogen-bond donors (Lipinski definition) is 2. The van der Waals surface area contributed by atoms with E-state index in [1.807, 2.05) is 24.3 Å². The van der Waals surface area contributed by atoms with Gasteiger partial charge in [0.05, 0.1) is 10.5 Å². The molecule has 3 rings (SSSR count). The number of alkyl halides is 3. The van der Waals surface area contributed by atoms with Crippen LogP contribution in [0, 0.1) is 5.92 Å². The molecule has 0 aliphatic carbocycles. The van der Waals surface area contributed by atoms with Gasteiger partial charge in [0.25, 0.3) is 0 Å². The fourth-order valence-electron chi connectivity index (χ4n) is 3.41. The van der Waals surface area contributed by atoms with E-state index < -0.39 is 26.7 Å². The molecule has 0 atom stereocenters. The summed E-state index contributed by atoms with van der Waals surface area (Å²) in [7, 11) is -4.47. The summed E-state index contributed by atoms with van der Waals surface area (Å²) in [6.07, 6.45) is -2.49. The van der Waals surface area contributed by atoms with Gasteiger partial charge in [0.2, 0.25) is 10.0 Å². The molecule has 0 saturated carbocycles. The standard InChI is InChI=1S/C20H24F3N3O2S/c1-14-8-10-26(11-9-14)17-5-2-15(3-6-17)13-25-16-4-7-19(29(24,27)28)18(12-16)20(21,22)23/h2-7,12,14,25H,8-11,13H2,1H3,(H2,24,27,28). The molecule has 2 aromatic rings. The summed E-state index contributed by atoms with van der Waals surface area (Å²) in [5, 5.41) is 7.81. The normalized spacial score (nSPS) is 16.1. The molecule has 29 heavy (non-hydrogen) atoms. The molecule has 0 spiro atoms. The summed E-state index contributed by atoms with van der Waals surface area (Å²) in [5.41, 5.74) is 0.930. The minimum Gasteiger partial charge on any atom is -0.381 e. The van der Waals surface area contributed by atoms with E-state index in [9.17, 15) is 21.6 Å². The third-order valence-electron chi connectivity index (χ3n) is 5.17. The van der Waals surface area contributed by atoms with Crippen molar-refractivity contribution >= 4 is 21.4 Å². The summed E-state index contributed by atoms with van der Waals surface area (Å²) >= 11 is 0. The van der Waals surface area contributed by atoms with Crippen LogP contribution in [-0.4, -0.2) is 21.5 Å². The van der Waals surface area contributed by atoms with E-state index in [1.165, 1.54) is 18.9 Å². The first kappa shape index (κ1) is 21.4. The summed E-state index contributed by atoms with van der Waals surface area (Å²) in [6.45, 7) is 4.61. The number of anilines is 2. The van der Waals surface area contributed by atoms with Crippen molar-refractivity contribution in [1.29, 1.82) is 0 Å². The van der Waals surface area contributed by atoms with Crippen LogP contribution in [-0.2, 0) is 22.7 Å². The summed E-state index contributed by atoms with van der Waals surface area (Å²) in [6, 6.07) is 10.8. The molecule has 3 N–H and O–H groups in total. The molecule has 158 valence electrons. The Labute approximate surface area is 168 Å². The lowest BCUT2D eigenvalue weighted by Gasteiger charge is -2.32. The number of sulfonamides is 1. The molecule has 0 bridgehead atoms. The van der Waals surface area contributed by atoms with Gasteiger partial charge in [-0.05, 0) is 54.7 Å². The molecule has 1 saturated heterocycles. The van der Waals surface area contributed by atoms with Gasteiger partial charge in [-0.15, -0.1) is 0 Å². The van der Waals surface area contributed by atoms with Crippen LogP contribution in [0.15, 0.2) is 47.4 Å². The van der Waals surface area contributed by atoms with E-state index in [-0.39, 0.29) is 5.69 Å². The van der Waals surface area contributed by atoms with E-state index in [2.05, 4.69) is 17.1 Å². The fraction of sp³-hybridized carbons (Fsp3) is 0.400. The highest BCUT2D eigenvalue weighted by molar-refractivity contribution is 7.89. The summed E-state index contributed by atoms with van der Waals surface area (Å²) < 4.78 is 62.5. The van der Waals surface area contributed by atoms with Crippen molar-refractivity contribution in [3.63, 3.8) is 0 Å². The Morgan fingerprint density at radius 2 is 1.72 bits per heavy atom. The molecule has 1 aliphatic rings. The van der Waals surface area contributed by atoms with E-state index in [0.717, 1.165) is 42.4 Å². The molecule has 1 heterocycles. The number of nitrogens with one attached hydrogen (secondary N) is 1. The van der Waals surface area contributed by atoms with Gasteiger partial charge in [0.1, 0.15) is 0 Å². The van der Waals surface area contributed by atoms with E-state index in [0.29, 0.717) is 6.54 Å². The van der Waals surface area contributed by atoms with Crippen molar-refractivity contribution in [1.82, 2.24) is 0 Å². The molecular formula is C20H24F3N3O2S. The Bertz CT molecular complexity index is 952. The van der Waals surface area contributed by atoms with Crippen molar-refractivity contribution in [3.8, 4) is 0 Å². The number of nitrogens with two attached hydrogens (primary N) is 1. The van der Waals surface area contributed by atoms with Gasteiger partial charge in [-0.2, -0.15) is 13.2 Å². The van der Waals surface area contributed by atoms with Gasteiger partial charge in [-0.25, -0.2) is 13.6 Å². The zero-order chi connectivity index (χ0) is 21.2. The van der Waals surface area contributed by atoms with Crippen molar-refractivity contribution in [3.05, 3.63) is 53.6 Å². The monoisotopic (exact) mass is 427 g/mol. The molecule has 0 aromatic heterocycles. The molecule has 2 aromatic carbocycles. The predicted octanol–water partition coefficient (Wildman–Crippen LogP) is 4.20. The molecule has 0 amide bonds. The molecular weight excluding hydrogens is 403 g/mol. The number of benzene rings is 2. The summed E-state index contributed by atoms with van der Waals surface area (Å²) in [4.78, 5) is 1.40. The van der Waals surface area contributed by atoms with Gasteiger partial charge < -0.3 is 10.2 Å². The van der Waals surface area contributed by atoms with E-state index in [1.54, 1.807) is 0 Å². The third-order valence-corrected chi connectivity index (χ3v) is 6.14.